The summed E-state index contributed by atoms with van der Waals surface area (Å²) in [6.07, 6.45) is 8.96. The van der Waals surface area contributed by atoms with Gasteiger partial charge in [0.2, 0.25) is 0 Å². The Morgan fingerprint density at radius 1 is 1.10 bits per heavy atom. The molecule has 5 rings (SSSR count). The number of pyridine rings is 1. The molecule has 0 radical (unpaired) electrons. The van der Waals surface area contributed by atoms with Crippen molar-refractivity contribution in [3.05, 3.63) is 68.0 Å². The van der Waals surface area contributed by atoms with Gasteiger partial charge < -0.3 is 20.5 Å². The lowest BCUT2D eigenvalue weighted by Gasteiger charge is -2.48. The summed E-state index contributed by atoms with van der Waals surface area (Å²) in [5.74, 6) is -1.42. The molecule has 8 nitrogen and oxygen atoms in total. The minimum Gasteiger partial charge on any atom is -0.479 e. The van der Waals surface area contributed by atoms with Crippen molar-refractivity contribution in [3.63, 3.8) is 0 Å². The van der Waals surface area contributed by atoms with Gasteiger partial charge in [0, 0.05) is 43.2 Å². The number of hydrogen-bond donors (Lipinski definition) is 3. The van der Waals surface area contributed by atoms with Crippen molar-refractivity contribution in [1.29, 1.82) is 0 Å². The highest BCUT2D eigenvalue weighted by Crippen LogP contribution is 2.54. The van der Waals surface area contributed by atoms with E-state index in [1.807, 2.05) is 0 Å². The summed E-state index contributed by atoms with van der Waals surface area (Å²) in [5.41, 5.74) is 0.0500. The number of ketones is 1. The Labute approximate surface area is 251 Å². The Balaban J connectivity index is 1.40. The average Bonchev–Trinajstić information content (AvgIpc) is 3.45. The fourth-order valence-electron chi connectivity index (χ4n) is 6.08. The van der Waals surface area contributed by atoms with Crippen molar-refractivity contribution >= 4 is 62.5 Å². The van der Waals surface area contributed by atoms with Gasteiger partial charge in [-0.3, -0.25) is 14.6 Å². The monoisotopic (exact) mass is 649 g/mol. The average molecular weight is 651 g/mol. The smallest absolute Gasteiger partial charge is 0.329 e. The number of carboxylic acids is 1. The van der Waals surface area contributed by atoms with Crippen LogP contribution in [0.25, 0.3) is 0 Å². The van der Waals surface area contributed by atoms with Gasteiger partial charge >= 0.3 is 5.97 Å². The molecule has 1 spiro atoms. The van der Waals surface area contributed by atoms with Crippen molar-refractivity contribution in [2.45, 2.75) is 69.4 Å². The summed E-state index contributed by atoms with van der Waals surface area (Å²) >= 11 is 15.7. The van der Waals surface area contributed by atoms with Gasteiger partial charge in [0.05, 0.1) is 31.6 Å². The summed E-state index contributed by atoms with van der Waals surface area (Å²) in [5, 5.41) is 17.1. The van der Waals surface area contributed by atoms with Crippen LogP contribution in [0.2, 0.25) is 10.0 Å². The Morgan fingerprint density at radius 3 is 2.38 bits per heavy atom. The van der Waals surface area contributed by atoms with E-state index in [9.17, 15) is 19.5 Å². The zero-order chi connectivity index (χ0) is 28.5. The second-order valence-corrected chi connectivity index (χ2v) is 12.4. The maximum Gasteiger partial charge on any atom is 0.329 e. The van der Waals surface area contributed by atoms with E-state index >= 15 is 0 Å². The van der Waals surface area contributed by atoms with E-state index in [0.29, 0.717) is 22.5 Å². The van der Waals surface area contributed by atoms with E-state index < -0.39 is 22.8 Å². The first-order valence-electron chi connectivity index (χ1n) is 13.4. The first kappa shape index (κ1) is 29.0. The van der Waals surface area contributed by atoms with E-state index in [-0.39, 0.29) is 40.3 Å². The number of Topliss-reactive ketones (excluding diaryl/α,β-unsaturated/α-hetero) is 1. The van der Waals surface area contributed by atoms with Gasteiger partial charge in [-0.2, -0.15) is 0 Å². The predicted molar refractivity (Wildman–Crippen MR) is 156 cm³/mol. The molecule has 1 aromatic carbocycles. The standard InChI is InChI=1S/C29H30BrCl2N3O5/c30-23-24(28(25(23)36)10-2-1-3-11-28)35-29(27(38)39,14-19-5-4-12-40-19)13-17-6-8-18(9-7-17)34-26(37)22-20(31)15-33-16-21(22)32/h6-9,15-16,19,35H,1-5,10-14H2,(H,34,37)(H,38,39)/t19?,29-/m1/s1. The summed E-state index contributed by atoms with van der Waals surface area (Å²) in [6, 6.07) is 6.98. The quantitative estimate of drug-likeness (QED) is 0.291. The Kier molecular flexibility index (Phi) is 8.57. The predicted octanol–water partition coefficient (Wildman–Crippen LogP) is 6.31. The van der Waals surface area contributed by atoms with Gasteiger partial charge in [-0.25, -0.2) is 4.79 Å². The molecule has 1 saturated carbocycles. The van der Waals surface area contributed by atoms with Crippen LogP contribution in [-0.4, -0.2) is 46.0 Å². The molecule has 40 heavy (non-hydrogen) atoms. The highest BCUT2D eigenvalue weighted by molar-refractivity contribution is 9.12. The number of aliphatic carboxylic acids is 1. The Hall–Kier alpha value is -2.46. The summed E-state index contributed by atoms with van der Waals surface area (Å²) in [4.78, 5) is 42.7. The zero-order valence-electron chi connectivity index (χ0n) is 21.8. The SMILES string of the molecule is O=C(Nc1ccc(C[C@](CC2CCCO2)(NC2=C(Br)C(=O)C23CCCCC3)C(=O)O)cc1)c1c(Cl)cncc1Cl. The van der Waals surface area contributed by atoms with Crippen LogP contribution in [0, 0.1) is 5.41 Å². The van der Waals surface area contributed by atoms with Gasteiger partial charge in [0.25, 0.3) is 5.91 Å². The molecule has 1 unspecified atom stereocenters. The number of aromatic nitrogens is 1. The molecule has 2 heterocycles. The molecule has 2 atom stereocenters. The van der Waals surface area contributed by atoms with Gasteiger partial charge in [-0.05, 0) is 59.3 Å². The number of carboxylic acid groups (broad SMARTS) is 1. The minimum atomic E-state index is -1.39. The fraction of sp³-hybridized carbons (Fsp3) is 0.448. The summed E-state index contributed by atoms with van der Waals surface area (Å²) in [7, 11) is 0. The number of nitrogens with zero attached hydrogens (tertiary/aromatic N) is 1. The molecular formula is C29H30BrCl2N3O5. The number of carbonyl (C=O) groups is 3. The number of amides is 1. The van der Waals surface area contributed by atoms with Gasteiger partial charge in [0.15, 0.2) is 5.78 Å². The maximum atomic E-state index is 13.1. The highest BCUT2D eigenvalue weighted by atomic mass is 79.9. The fourth-order valence-corrected chi connectivity index (χ4v) is 7.48. The lowest BCUT2D eigenvalue weighted by atomic mass is 9.62. The molecule has 2 fully saturated rings. The van der Waals surface area contributed by atoms with Crippen LogP contribution < -0.4 is 10.6 Å². The minimum absolute atomic E-state index is 0.0561. The van der Waals surface area contributed by atoms with Crippen LogP contribution in [0.4, 0.5) is 5.69 Å². The molecule has 11 heteroatoms. The third-order valence-corrected chi connectivity index (χ3v) is 9.54. The van der Waals surface area contributed by atoms with Crippen LogP contribution in [-0.2, 0) is 20.7 Å². The number of anilines is 1. The van der Waals surface area contributed by atoms with Gasteiger partial charge in [-0.1, -0.05) is 54.6 Å². The highest BCUT2D eigenvalue weighted by Gasteiger charge is 2.56. The van der Waals surface area contributed by atoms with Gasteiger partial charge in [0.1, 0.15) is 5.54 Å². The molecule has 212 valence electrons. The number of ether oxygens (including phenoxy) is 1. The van der Waals surface area contributed by atoms with E-state index in [2.05, 4.69) is 31.5 Å². The van der Waals surface area contributed by atoms with Crippen LogP contribution >= 0.6 is 39.1 Å². The molecule has 3 N–H and O–H groups in total. The number of halogens is 3. The van der Waals surface area contributed by atoms with Crippen molar-refractivity contribution in [2.24, 2.45) is 5.41 Å². The Bertz CT molecular complexity index is 1330. The number of nitrogens with one attached hydrogen (secondary N) is 2. The topological polar surface area (TPSA) is 118 Å². The summed E-state index contributed by atoms with van der Waals surface area (Å²) < 4.78 is 6.31. The first-order valence-corrected chi connectivity index (χ1v) is 15.0. The van der Waals surface area contributed by atoms with E-state index in [1.54, 1.807) is 24.3 Å². The molecular weight excluding hydrogens is 621 g/mol. The molecule has 1 saturated heterocycles. The second kappa shape index (κ2) is 11.8. The van der Waals surface area contributed by atoms with E-state index in [0.717, 1.165) is 50.5 Å². The number of rotatable bonds is 9. The van der Waals surface area contributed by atoms with Gasteiger partial charge in [-0.15, -0.1) is 0 Å². The van der Waals surface area contributed by atoms with Crippen molar-refractivity contribution < 1.29 is 24.2 Å². The van der Waals surface area contributed by atoms with Crippen molar-refractivity contribution in [2.75, 3.05) is 11.9 Å². The normalized spacial score (nSPS) is 21.6. The molecule has 1 aromatic heterocycles. The lowest BCUT2D eigenvalue weighted by molar-refractivity contribution is -0.147. The van der Waals surface area contributed by atoms with E-state index in [4.69, 9.17) is 27.9 Å². The second-order valence-electron chi connectivity index (χ2n) is 10.8. The molecule has 0 bridgehead atoms. The maximum absolute atomic E-state index is 13.1. The number of benzene rings is 1. The first-order chi connectivity index (χ1) is 19.1. The van der Waals surface area contributed by atoms with Crippen LogP contribution in [0.1, 0.15) is 67.3 Å². The Morgan fingerprint density at radius 2 is 1.77 bits per heavy atom. The number of allylic oxidation sites excluding steroid dienone is 2. The molecule has 2 aliphatic carbocycles. The zero-order valence-corrected chi connectivity index (χ0v) is 24.9. The molecule has 1 aliphatic heterocycles. The van der Waals surface area contributed by atoms with Crippen LogP contribution in [0.5, 0.6) is 0 Å². The third kappa shape index (κ3) is 5.53. The summed E-state index contributed by atoms with van der Waals surface area (Å²) in [6.45, 7) is 0.606. The van der Waals surface area contributed by atoms with E-state index in [1.165, 1.54) is 12.4 Å². The van der Waals surface area contributed by atoms with Crippen molar-refractivity contribution in [3.8, 4) is 0 Å². The van der Waals surface area contributed by atoms with Crippen LogP contribution in [0.15, 0.2) is 46.8 Å². The third-order valence-electron chi connectivity index (χ3n) is 8.21. The molecule has 2 aromatic rings. The lowest BCUT2D eigenvalue weighted by Crippen LogP contribution is -2.61. The molecule has 1 amide bonds. The largest absolute Gasteiger partial charge is 0.479 e. The number of carbonyl (C=O) groups excluding carboxylic acids is 2. The van der Waals surface area contributed by atoms with Crippen molar-refractivity contribution in [1.82, 2.24) is 10.3 Å². The molecule has 3 aliphatic rings. The number of hydrogen-bond acceptors (Lipinski definition) is 6. The van der Waals surface area contributed by atoms with Crippen LogP contribution in [0.3, 0.4) is 0 Å².